The van der Waals surface area contributed by atoms with Crippen LogP contribution >= 0.6 is 23.1 Å². The Bertz CT molecular complexity index is 541. The number of hydrogen-bond donors (Lipinski definition) is 2. The van der Waals surface area contributed by atoms with E-state index in [1.165, 1.54) is 0 Å². The Labute approximate surface area is 128 Å². The number of hydrogen-bond acceptors (Lipinski definition) is 6. The van der Waals surface area contributed by atoms with Crippen LogP contribution in [0.4, 0.5) is 11.8 Å². The summed E-state index contributed by atoms with van der Waals surface area (Å²) in [7, 11) is 0. The van der Waals surface area contributed by atoms with Gasteiger partial charge in [0, 0.05) is 18.3 Å². The molecule has 1 unspecified atom stereocenters. The van der Waals surface area contributed by atoms with Crippen molar-refractivity contribution in [1.29, 1.82) is 0 Å². The Kier molecular flexibility index (Phi) is 5.91. The summed E-state index contributed by atoms with van der Waals surface area (Å²) in [6.07, 6.45) is 1.07. The predicted octanol–water partition coefficient (Wildman–Crippen LogP) is 4.07. The number of anilines is 2. The van der Waals surface area contributed by atoms with Crippen molar-refractivity contribution in [1.82, 2.24) is 9.97 Å². The van der Waals surface area contributed by atoms with Crippen LogP contribution in [0.1, 0.15) is 27.2 Å². The Morgan fingerprint density at radius 2 is 2.20 bits per heavy atom. The van der Waals surface area contributed by atoms with Gasteiger partial charge in [-0.05, 0) is 30.5 Å². The van der Waals surface area contributed by atoms with Gasteiger partial charge in [0.05, 0.1) is 5.39 Å². The van der Waals surface area contributed by atoms with Gasteiger partial charge >= 0.3 is 0 Å². The van der Waals surface area contributed by atoms with Crippen LogP contribution in [0.15, 0.2) is 11.4 Å². The Morgan fingerprint density at radius 1 is 1.35 bits per heavy atom. The number of aromatic nitrogens is 2. The van der Waals surface area contributed by atoms with Crippen molar-refractivity contribution < 1.29 is 0 Å². The van der Waals surface area contributed by atoms with E-state index in [0.29, 0.717) is 6.04 Å². The lowest BCUT2D eigenvalue weighted by Crippen LogP contribution is -2.19. The zero-order chi connectivity index (χ0) is 14.4. The molecule has 2 aromatic heterocycles. The molecule has 1 atom stereocenters. The molecule has 0 aliphatic carbocycles. The minimum atomic E-state index is 0.400. The molecule has 2 heterocycles. The molecule has 0 amide bonds. The second-order valence-electron chi connectivity index (χ2n) is 4.67. The van der Waals surface area contributed by atoms with E-state index >= 15 is 0 Å². The average molecular weight is 310 g/mol. The number of nitrogens with zero attached hydrogens (tertiary/aromatic N) is 2. The molecule has 0 saturated carbocycles. The van der Waals surface area contributed by atoms with Gasteiger partial charge in [0.25, 0.3) is 0 Å². The van der Waals surface area contributed by atoms with E-state index in [1.54, 1.807) is 11.3 Å². The molecular weight excluding hydrogens is 288 g/mol. The number of nitrogens with one attached hydrogen (secondary N) is 2. The van der Waals surface area contributed by atoms with E-state index < -0.39 is 0 Å². The maximum absolute atomic E-state index is 4.62. The minimum Gasteiger partial charge on any atom is -0.366 e. The predicted molar refractivity (Wildman–Crippen MR) is 92.3 cm³/mol. The molecule has 0 radical (unpaired) electrons. The maximum Gasteiger partial charge on any atom is 0.226 e. The summed E-state index contributed by atoms with van der Waals surface area (Å²) < 4.78 is 0. The summed E-state index contributed by atoms with van der Waals surface area (Å²) in [5.41, 5.74) is 0. The third-order valence-corrected chi connectivity index (χ3v) is 4.76. The van der Waals surface area contributed by atoms with Crippen molar-refractivity contribution in [2.24, 2.45) is 0 Å². The van der Waals surface area contributed by atoms with Gasteiger partial charge in [0.1, 0.15) is 10.6 Å². The summed E-state index contributed by atoms with van der Waals surface area (Å²) in [6.45, 7) is 7.42. The molecule has 0 aliphatic heterocycles. The Morgan fingerprint density at radius 3 is 2.95 bits per heavy atom. The van der Waals surface area contributed by atoms with Crippen molar-refractivity contribution in [3.05, 3.63) is 11.4 Å². The van der Waals surface area contributed by atoms with E-state index in [2.05, 4.69) is 52.8 Å². The van der Waals surface area contributed by atoms with Gasteiger partial charge in [0.2, 0.25) is 5.95 Å². The van der Waals surface area contributed by atoms with E-state index in [1.807, 2.05) is 11.8 Å². The summed E-state index contributed by atoms with van der Waals surface area (Å²) in [4.78, 5) is 10.2. The topological polar surface area (TPSA) is 49.8 Å². The first-order chi connectivity index (χ1) is 9.74. The summed E-state index contributed by atoms with van der Waals surface area (Å²) >= 11 is 3.60. The van der Waals surface area contributed by atoms with Gasteiger partial charge in [0.15, 0.2) is 0 Å². The molecule has 2 N–H and O–H groups in total. The molecule has 0 aromatic carbocycles. The molecule has 4 nitrogen and oxygen atoms in total. The molecule has 6 heteroatoms. The molecule has 0 spiro atoms. The van der Waals surface area contributed by atoms with Crippen molar-refractivity contribution in [3.8, 4) is 0 Å². The van der Waals surface area contributed by atoms with Crippen molar-refractivity contribution >= 4 is 45.1 Å². The van der Waals surface area contributed by atoms with Crippen LogP contribution in [-0.2, 0) is 0 Å². The summed E-state index contributed by atoms with van der Waals surface area (Å²) in [5.74, 6) is 3.90. The zero-order valence-corrected chi connectivity index (χ0v) is 13.9. The third kappa shape index (κ3) is 3.99. The second kappa shape index (κ2) is 7.69. The SMILES string of the molecule is CCCNc1nc(NC(C)CSCC)c2ccsc2n1. The highest BCUT2D eigenvalue weighted by molar-refractivity contribution is 7.99. The molecule has 20 heavy (non-hydrogen) atoms. The van der Waals surface area contributed by atoms with Crippen LogP contribution in [-0.4, -0.2) is 34.1 Å². The highest BCUT2D eigenvalue weighted by Crippen LogP contribution is 2.27. The van der Waals surface area contributed by atoms with Gasteiger partial charge < -0.3 is 10.6 Å². The van der Waals surface area contributed by atoms with E-state index in [9.17, 15) is 0 Å². The van der Waals surface area contributed by atoms with E-state index in [0.717, 1.165) is 46.5 Å². The molecule has 0 saturated heterocycles. The fourth-order valence-corrected chi connectivity index (χ4v) is 3.29. The number of rotatable bonds is 8. The zero-order valence-electron chi connectivity index (χ0n) is 12.3. The standard InChI is InChI=1S/C14H22N4S2/c1-4-7-15-14-17-12(16-10(3)9-19-5-2)11-6-8-20-13(11)18-14/h6,8,10H,4-5,7,9H2,1-3H3,(H2,15,16,17,18). The lowest BCUT2D eigenvalue weighted by atomic mass is 10.3. The van der Waals surface area contributed by atoms with Gasteiger partial charge in [-0.1, -0.05) is 13.8 Å². The average Bonchev–Trinajstić information content (AvgIpc) is 2.91. The normalized spacial score (nSPS) is 12.6. The fraction of sp³-hybridized carbons (Fsp3) is 0.571. The van der Waals surface area contributed by atoms with Crippen LogP contribution in [0.5, 0.6) is 0 Å². The maximum atomic E-state index is 4.62. The molecule has 2 aromatic rings. The first kappa shape index (κ1) is 15.4. The van der Waals surface area contributed by atoms with Crippen LogP contribution in [0.25, 0.3) is 10.2 Å². The number of fused-ring (bicyclic) bond motifs is 1. The quantitative estimate of drug-likeness (QED) is 0.770. The van der Waals surface area contributed by atoms with Crippen molar-refractivity contribution in [2.75, 3.05) is 28.7 Å². The summed E-state index contributed by atoms with van der Waals surface area (Å²) in [6, 6.07) is 2.49. The van der Waals surface area contributed by atoms with Crippen LogP contribution in [0, 0.1) is 0 Å². The van der Waals surface area contributed by atoms with Gasteiger partial charge in [-0.15, -0.1) is 11.3 Å². The van der Waals surface area contributed by atoms with Gasteiger partial charge in [-0.2, -0.15) is 16.7 Å². The van der Waals surface area contributed by atoms with Crippen LogP contribution in [0.2, 0.25) is 0 Å². The molecule has 0 bridgehead atoms. The molecule has 0 fully saturated rings. The van der Waals surface area contributed by atoms with E-state index in [-0.39, 0.29) is 0 Å². The molecule has 0 aliphatic rings. The highest BCUT2D eigenvalue weighted by atomic mass is 32.2. The lowest BCUT2D eigenvalue weighted by molar-refractivity contribution is 0.900. The van der Waals surface area contributed by atoms with Crippen LogP contribution < -0.4 is 10.6 Å². The molecule has 2 rings (SSSR count). The van der Waals surface area contributed by atoms with E-state index in [4.69, 9.17) is 0 Å². The van der Waals surface area contributed by atoms with Gasteiger partial charge in [-0.3, -0.25) is 0 Å². The largest absolute Gasteiger partial charge is 0.366 e. The minimum absolute atomic E-state index is 0.400. The number of thioether (sulfide) groups is 1. The fourth-order valence-electron chi connectivity index (χ4n) is 1.85. The third-order valence-electron chi connectivity index (χ3n) is 2.81. The Hall–Kier alpha value is -1.01. The molecular formula is C14H22N4S2. The Balaban J connectivity index is 2.18. The smallest absolute Gasteiger partial charge is 0.226 e. The molecule has 110 valence electrons. The second-order valence-corrected chi connectivity index (χ2v) is 6.88. The first-order valence-corrected chi connectivity index (χ1v) is 9.11. The van der Waals surface area contributed by atoms with Crippen LogP contribution in [0.3, 0.4) is 0 Å². The van der Waals surface area contributed by atoms with Crippen molar-refractivity contribution in [3.63, 3.8) is 0 Å². The monoisotopic (exact) mass is 310 g/mol. The van der Waals surface area contributed by atoms with Crippen molar-refractivity contribution in [2.45, 2.75) is 33.2 Å². The first-order valence-electron chi connectivity index (χ1n) is 7.08. The van der Waals surface area contributed by atoms with Gasteiger partial charge in [-0.25, -0.2) is 4.98 Å². The lowest BCUT2D eigenvalue weighted by Gasteiger charge is -2.15. The number of thiophene rings is 1. The highest BCUT2D eigenvalue weighted by Gasteiger charge is 2.11. The summed E-state index contributed by atoms with van der Waals surface area (Å²) in [5, 5.41) is 9.97.